The van der Waals surface area contributed by atoms with E-state index in [9.17, 15) is 43.6 Å². The lowest BCUT2D eigenvalue weighted by molar-refractivity contribution is -0.132. The second kappa shape index (κ2) is 23.0. The number of rotatable bonds is 15. The van der Waals surface area contributed by atoms with Gasteiger partial charge in [0.25, 0.3) is 11.8 Å². The minimum atomic E-state index is -4.08. The fraction of sp³-hybridized carbons (Fsp3) is 0.326. The number of alkyl halides is 4. The summed E-state index contributed by atoms with van der Waals surface area (Å²) in [6.07, 6.45) is -5.55. The van der Waals surface area contributed by atoms with Gasteiger partial charge in [-0.15, -0.1) is 32.8 Å². The van der Waals surface area contributed by atoms with Crippen molar-refractivity contribution in [2.45, 2.75) is 39.3 Å². The molecule has 2 aliphatic rings. The largest absolute Gasteiger partial charge is 0.415 e. The predicted molar refractivity (Wildman–Crippen MR) is 243 cm³/mol. The highest BCUT2D eigenvalue weighted by Gasteiger charge is 2.35. The SMILES string of the molecule is CCC(=O)N1CCN(S(=O)(=O)N(Cc2ccc(-c3nnc(C(F)F)o3)cc2F)c2ccccc2)CC1.Cl.O=S(=O)(N1CCNCC1)N(Cc1ccc(-c2nnc(C(F)F)o2)cc1F)c1ccccc1. The van der Waals surface area contributed by atoms with Crippen molar-refractivity contribution in [1.29, 1.82) is 0 Å². The molecule has 2 aromatic heterocycles. The molecule has 8 rings (SSSR count). The third-order valence-corrected chi connectivity index (χ3v) is 14.6. The molecule has 0 bridgehead atoms. The Hall–Kier alpha value is -6.12. The Morgan fingerprint density at radius 3 is 1.39 bits per heavy atom. The maximum atomic E-state index is 15.1. The molecule has 1 amide bonds. The maximum absolute atomic E-state index is 15.1. The summed E-state index contributed by atoms with van der Waals surface area (Å²) in [6, 6.07) is 24.3. The molecular formula is C43H45ClF6N10O7S2. The maximum Gasteiger partial charge on any atom is 0.314 e. The van der Waals surface area contributed by atoms with E-state index in [1.807, 2.05) is 0 Å². The Labute approximate surface area is 399 Å². The molecule has 0 spiro atoms. The highest BCUT2D eigenvalue weighted by Crippen LogP contribution is 2.31. The van der Waals surface area contributed by atoms with Gasteiger partial charge in [-0.2, -0.15) is 43.0 Å². The molecule has 1 N–H and O–H groups in total. The fourth-order valence-corrected chi connectivity index (χ4v) is 10.4. The Balaban J connectivity index is 0.000000225. The summed E-state index contributed by atoms with van der Waals surface area (Å²) in [5.74, 6) is -3.80. The summed E-state index contributed by atoms with van der Waals surface area (Å²) >= 11 is 0. The molecule has 0 unspecified atom stereocenters. The summed E-state index contributed by atoms with van der Waals surface area (Å²) < 4.78 is 149. The van der Waals surface area contributed by atoms with Gasteiger partial charge in [0.2, 0.25) is 17.7 Å². The first kappa shape index (κ1) is 52.3. The molecule has 0 atom stereocenters. The van der Waals surface area contributed by atoms with Crippen molar-refractivity contribution in [2.24, 2.45) is 0 Å². The van der Waals surface area contributed by atoms with Gasteiger partial charge in [-0.3, -0.25) is 13.4 Å². The lowest BCUT2D eigenvalue weighted by atomic mass is 10.1. The summed E-state index contributed by atoms with van der Waals surface area (Å²) in [7, 11) is -8.00. The van der Waals surface area contributed by atoms with Gasteiger partial charge in [0.15, 0.2) is 0 Å². The van der Waals surface area contributed by atoms with Crippen LogP contribution in [0.3, 0.4) is 0 Å². The standard InChI is InChI=1S/C23H24F3N5O4S.C20H20F3N5O3S.ClH/c1-2-20(32)29-10-12-30(13-11-29)36(33,34)31(18-6-4-3-5-7-18)15-17-9-8-16(14-19(17)24)22-27-28-23(35-22)21(25)26;21-17-12-14(19-25-26-20(31-19)18(22)23)6-7-15(17)13-28(16-4-2-1-3-5-16)32(29,30)27-10-8-24-9-11-27;/h3-9,14,21H,2,10-13,15H2,1H3;1-7,12,18,24H,8-11,13H2;1H. The van der Waals surface area contributed by atoms with Gasteiger partial charge in [-0.25, -0.2) is 8.78 Å². The van der Waals surface area contributed by atoms with Gasteiger partial charge in [-0.1, -0.05) is 55.5 Å². The summed E-state index contributed by atoms with van der Waals surface area (Å²) in [5.41, 5.74) is 1.09. The molecule has 17 nitrogen and oxygen atoms in total. The molecule has 370 valence electrons. The van der Waals surface area contributed by atoms with Crippen LogP contribution in [-0.2, 0) is 38.3 Å². The lowest BCUT2D eigenvalue weighted by Crippen LogP contribution is -2.54. The van der Waals surface area contributed by atoms with Crippen LogP contribution in [0.25, 0.3) is 22.9 Å². The van der Waals surface area contributed by atoms with Crippen LogP contribution >= 0.6 is 12.4 Å². The zero-order valence-electron chi connectivity index (χ0n) is 36.5. The molecule has 2 fully saturated rings. The topological polar surface area (TPSA) is 191 Å². The van der Waals surface area contributed by atoms with Crippen molar-refractivity contribution in [1.82, 2.24) is 39.2 Å². The smallest absolute Gasteiger partial charge is 0.314 e. The lowest BCUT2D eigenvalue weighted by Gasteiger charge is -2.37. The van der Waals surface area contributed by atoms with Crippen molar-refractivity contribution in [3.05, 3.63) is 132 Å². The van der Waals surface area contributed by atoms with Crippen LogP contribution in [0.2, 0.25) is 0 Å². The molecule has 2 saturated heterocycles. The zero-order chi connectivity index (χ0) is 48.6. The quantitative estimate of drug-likeness (QED) is 0.104. The number of carbonyl (C=O) groups excluding carboxylic acids is 1. The number of aromatic nitrogens is 4. The van der Waals surface area contributed by atoms with Crippen molar-refractivity contribution < 1.29 is 56.8 Å². The highest BCUT2D eigenvalue weighted by atomic mass is 35.5. The number of anilines is 2. The van der Waals surface area contributed by atoms with Crippen LogP contribution in [0.1, 0.15) is 49.1 Å². The number of benzene rings is 4. The third kappa shape index (κ3) is 12.4. The third-order valence-electron chi connectivity index (χ3n) is 10.8. The van der Waals surface area contributed by atoms with Gasteiger partial charge < -0.3 is 19.1 Å². The minimum absolute atomic E-state index is 0. The minimum Gasteiger partial charge on any atom is -0.415 e. The number of nitrogens with one attached hydrogen (secondary N) is 1. The van der Waals surface area contributed by atoms with E-state index in [4.69, 9.17) is 8.83 Å². The van der Waals surface area contributed by atoms with Gasteiger partial charge in [0.1, 0.15) is 11.6 Å². The van der Waals surface area contributed by atoms with Crippen molar-refractivity contribution in [3.63, 3.8) is 0 Å². The Kier molecular flexibility index (Phi) is 17.4. The number of piperazine rings is 2. The van der Waals surface area contributed by atoms with Gasteiger partial charge in [0, 0.05) is 81.0 Å². The normalized spacial score (nSPS) is 14.8. The number of nitrogens with zero attached hydrogens (tertiary/aromatic N) is 9. The van der Waals surface area contributed by atoms with Gasteiger partial charge in [-0.05, 0) is 48.5 Å². The highest BCUT2D eigenvalue weighted by molar-refractivity contribution is 7.90. The number of halogens is 7. The molecule has 0 radical (unpaired) electrons. The zero-order valence-corrected chi connectivity index (χ0v) is 39.0. The average molecular weight is 1030 g/mol. The van der Waals surface area contributed by atoms with Crippen LogP contribution in [0.15, 0.2) is 106 Å². The molecule has 2 aliphatic heterocycles. The second-order valence-corrected chi connectivity index (χ2v) is 18.8. The first-order valence-corrected chi connectivity index (χ1v) is 23.8. The Bertz CT molecular complexity index is 2880. The molecule has 26 heteroatoms. The molecule has 69 heavy (non-hydrogen) atoms. The van der Waals surface area contributed by atoms with Crippen LogP contribution in [0.5, 0.6) is 0 Å². The van der Waals surface area contributed by atoms with Crippen LogP contribution in [-0.4, -0.2) is 109 Å². The number of para-hydroxylation sites is 2. The van der Waals surface area contributed by atoms with E-state index >= 15 is 4.39 Å². The van der Waals surface area contributed by atoms with E-state index < -0.39 is 56.7 Å². The number of amides is 1. The van der Waals surface area contributed by atoms with E-state index in [0.29, 0.717) is 44.0 Å². The predicted octanol–water partition coefficient (Wildman–Crippen LogP) is 7.01. The fourth-order valence-electron chi connectivity index (χ4n) is 7.15. The van der Waals surface area contributed by atoms with Gasteiger partial charge in [0.05, 0.1) is 24.5 Å². The average Bonchev–Trinajstić information content (AvgIpc) is 4.06. The summed E-state index contributed by atoms with van der Waals surface area (Å²) in [6.45, 7) is 3.58. The van der Waals surface area contributed by atoms with Crippen LogP contribution < -0.4 is 13.9 Å². The van der Waals surface area contributed by atoms with Crippen molar-refractivity contribution in [2.75, 3.05) is 61.0 Å². The van der Waals surface area contributed by atoms with E-state index in [2.05, 4.69) is 25.7 Å². The molecule has 0 aliphatic carbocycles. The summed E-state index contributed by atoms with van der Waals surface area (Å²) in [4.78, 5) is 13.6. The van der Waals surface area contributed by atoms with Gasteiger partial charge >= 0.3 is 33.3 Å². The Morgan fingerprint density at radius 1 is 0.623 bits per heavy atom. The first-order chi connectivity index (χ1) is 32.6. The molecule has 4 aromatic carbocycles. The van der Waals surface area contributed by atoms with E-state index in [-0.39, 0.29) is 91.6 Å². The first-order valence-electron chi connectivity index (χ1n) is 21.0. The molecule has 6 aromatic rings. The molecule has 4 heterocycles. The van der Waals surface area contributed by atoms with E-state index in [0.717, 1.165) is 20.7 Å². The monoisotopic (exact) mass is 1030 g/mol. The van der Waals surface area contributed by atoms with Crippen molar-refractivity contribution in [3.8, 4) is 22.9 Å². The number of carbonyl (C=O) groups is 1. The van der Waals surface area contributed by atoms with Crippen molar-refractivity contribution >= 4 is 50.1 Å². The molecular weight excluding hydrogens is 982 g/mol. The molecule has 0 saturated carbocycles. The second-order valence-electron chi connectivity index (χ2n) is 15.1. The number of hydrogen-bond donors (Lipinski definition) is 1. The van der Waals surface area contributed by atoms with Crippen LogP contribution in [0.4, 0.5) is 37.7 Å². The van der Waals surface area contributed by atoms with E-state index in [1.165, 1.54) is 32.9 Å². The van der Waals surface area contributed by atoms with E-state index in [1.54, 1.807) is 72.5 Å². The number of hydrogen-bond acceptors (Lipinski definition) is 12. The summed E-state index contributed by atoms with van der Waals surface area (Å²) in [5, 5.41) is 16.6. The van der Waals surface area contributed by atoms with Crippen LogP contribution in [0, 0.1) is 11.6 Å². The Morgan fingerprint density at radius 2 is 1.03 bits per heavy atom.